The number of thioether (sulfide) groups is 1. The topological polar surface area (TPSA) is 78.9 Å². The van der Waals surface area contributed by atoms with Crippen LogP contribution in [0.25, 0.3) is 0 Å². The summed E-state index contributed by atoms with van der Waals surface area (Å²) >= 11 is 2.87. The number of benzene rings is 1. The van der Waals surface area contributed by atoms with Crippen LogP contribution in [0.5, 0.6) is 0 Å². The van der Waals surface area contributed by atoms with Crippen LogP contribution in [0.4, 0.5) is 9.52 Å². The number of aromatic nitrogens is 2. The highest BCUT2D eigenvalue weighted by molar-refractivity contribution is 8.00. The van der Waals surface area contributed by atoms with Crippen molar-refractivity contribution >= 4 is 34.1 Å². The van der Waals surface area contributed by atoms with Crippen LogP contribution in [0.1, 0.15) is 11.1 Å². The molecule has 0 atom stereocenters. The molecule has 1 aromatic heterocycles. The van der Waals surface area contributed by atoms with E-state index in [9.17, 15) is 4.39 Å². The van der Waals surface area contributed by atoms with Crippen LogP contribution in [-0.4, -0.2) is 30.1 Å². The van der Waals surface area contributed by atoms with E-state index in [0.717, 1.165) is 9.47 Å². The fourth-order valence-electron chi connectivity index (χ4n) is 1.48. The Morgan fingerprint density at radius 3 is 2.80 bits per heavy atom. The van der Waals surface area contributed by atoms with Crippen LogP contribution in [0.15, 0.2) is 22.5 Å². The summed E-state index contributed by atoms with van der Waals surface area (Å²) in [5.74, 6) is -0.278. The van der Waals surface area contributed by atoms with E-state index < -0.39 is 5.82 Å². The number of rotatable bonds is 5. The molecule has 5 nitrogen and oxygen atoms in total. The summed E-state index contributed by atoms with van der Waals surface area (Å²) in [6.45, 7) is 0. The Hall–Kier alpha value is -1.67. The molecule has 20 heavy (non-hydrogen) atoms. The number of nitrogen functional groups attached to an aromatic ring is 1. The maximum atomic E-state index is 14.1. The lowest BCUT2D eigenvalue weighted by Crippen LogP contribution is -2.14. The molecule has 0 saturated carbocycles. The van der Waals surface area contributed by atoms with Crippen molar-refractivity contribution in [2.24, 2.45) is 5.73 Å². The number of hydrogen-bond donors (Lipinski definition) is 2. The van der Waals surface area contributed by atoms with Crippen LogP contribution in [-0.2, 0) is 5.75 Å². The number of nitrogens with zero attached hydrogens (tertiary/aromatic N) is 3. The predicted molar refractivity (Wildman–Crippen MR) is 81.2 cm³/mol. The normalized spacial score (nSPS) is 10.6. The van der Waals surface area contributed by atoms with Gasteiger partial charge in [-0.2, -0.15) is 0 Å². The van der Waals surface area contributed by atoms with Gasteiger partial charge in [0.1, 0.15) is 11.7 Å². The zero-order chi connectivity index (χ0) is 14.7. The second kappa shape index (κ2) is 6.19. The van der Waals surface area contributed by atoms with Crippen molar-refractivity contribution in [2.45, 2.75) is 10.1 Å². The monoisotopic (exact) mass is 311 g/mol. The quantitative estimate of drug-likeness (QED) is 0.503. The third-order valence-electron chi connectivity index (χ3n) is 2.50. The second-order valence-electron chi connectivity index (χ2n) is 4.23. The largest absolute Gasteiger partial charge is 0.384 e. The minimum Gasteiger partial charge on any atom is -0.384 e. The van der Waals surface area contributed by atoms with Gasteiger partial charge in [0.05, 0.1) is 5.56 Å². The van der Waals surface area contributed by atoms with E-state index in [1.54, 1.807) is 12.1 Å². The van der Waals surface area contributed by atoms with Crippen molar-refractivity contribution in [3.05, 3.63) is 35.1 Å². The maximum absolute atomic E-state index is 14.1. The van der Waals surface area contributed by atoms with Gasteiger partial charge in [-0.25, -0.2) is 4.39 Å². The van der Waals surface area contributed by atoms with Crippen molar-refractivity contribution in [3.63, 3.8) is 0 Å². The standard InChI is InChI=1S/C12H14FN5S2/c1-18(2)11-16-17-12(20-11)19-6-7-4-3-5-8(9(7)13)10(14)15/h3-5H,6H2,1-2H3,(H3,14,15). The highest BCUT2D eigenvalue weighted by atomic mass is 32.2. The summed E-state index contributed by atoms with van der Waals surface area (Å²) in [5, 5.41) is 16.2. The smallest absolute Gasteiger partial charge is 0.208 e. The SMILES string of the molecule is CN(C)c1nnc(SCc2cccc(C(=N)N)c2F)s1. The number of anilines is 1. The first-order chi connectivity index (χ1) is 9.49. The van der Waals surface area contributed by atoms with Gasteiger partial charge in [0.15, 0.2) is 4.34 Å². The summed E-state index contributed by atoms with van der Waals surface area (Å²) in [4.78, 5) is 1.87. The van der Waals surface area contributed by atoms with Crippen molar-refractivity contribution in [1.29, 1.82) is 5.41 Å². The van der Waals surface area contributed by atoms with Crippen LogP contribution >= 0.6 is 23.1 Å². The highest BCUT2D eigenvalue weighted by Crippen LogP contribution is 2.30. The first kappa shape index (κ1) is 14.7. The Morgan fingerprint density at radius 2 is 2.20 bits per heavy atom. The summed E-state index contributed by atoms with van der Waals surface area (Å²) in [6, 6.07) is 4.88. The molecule has 8 heteroatoms. The van der Waals surface area contributed by atoms with Gasteiger partial charge in [-0.15, -0.1) is 10.2 Å². The van der Waals surface area contributed by atoms with Gasteiger partial charge in [0.2, 0.25) is 5.13 Å². The Bertz CT molecular complexity index is 626. The van der Waals surface area contributed by atoms with Gasteiger partial charge in [0, 0.05) is 19.8 Å². The Morgan fingerprint density at radius 1 is 1.45 bits per heavy atom. The average Bonchev–Trinajstić information content (AvgIpc) is 2.86. The van der Waals surface area contributed by atoms with E-state index in [2.05, 4.69) is 10.2 Å². The molecule has 0 amide bonds. The number of nitrogens with one attached hydrogen (secondary N) is 1. The molecule has 0 aliphatic carbocycles. The molecular weight excluding hydrogens is 297 g/mol. The van der Waals surface area contributed by atoms with Crippen LogP contribution in [0, 0.1) is 11.2 Å². The van der Waals surface area contributed by atoms with E-state index in [1.165, 1.54) is 29.2 Å². The molecule has 0 spiro atoms. The summed E-state index contributed by atoms with van der Waals surface area (Å²) in [5.41, 5.74) is 5.98. The Kier molecular flexibility index (Phi) is 4.56. The molecule has 1 heterocycles. The second-order valence-corrected chi connectivity index (χ2v) is 6.40. The fraction of sp³-hybridized carbons (Fsp3) is 0.250. The zero-order valence-electron chi connectivity index (χ0n) is 11.1. The van der Waals surface area contributed by atoms with Gasteiger partial charge >= 0.3 is 0 Å². The minimum atomic E-state index is -0.440. The number of hydrogen-bond acceptors (Lipinski definition) is 6. The summed E-state index contributed by atoms with van der Waals surface area (Å²) < 4.78 is 14.9. The lowest BCUT2D eigenvalue weighted by Gasteiger charge is -2.06. The van der Waals surface area contributed by atoms with Crippen LogP contribution in [0.2, 0.25) is 0 Å². The molecule has 2 aromatic rings. The molecule has 0 unspecified atom stereocenters. The van der Waals surface area contributed by atoms with Gasteiger partial charge in [0.25, 0.3) is 0 Å². The van der Waals surface area contributed by atoms with E-state index >= 15 is 0 Å². The molecule has 1 aromatic carbocycles. The first-order valence-electron chi connectivity index (χ1n) is 5.74. The minimum absolute atomic E-state index is 0.134. The summed E-state index contributed by atoms with van der Waals surface area (Å²) in [6.07, 6.45) is 0. The first-order valence-corrected chi connectivity index (χ1v) is 7.54. The number of halogens is 1. The number of nitrogens with two attached hydrogens (primary N) is 1. The van der Waals surface area contributed by atoms with Crippen molar-refractivity contribution in [1.82, 2.24) is 10.2 Å². The molecule has 106 valence electrons. The molecular formula is C12H14FN5S2. The molecule has 0 aliphatic rings. The van der Waals surface area contributed by atoms with Gasteiger partial charge in [-0.1, -0.05) is 35.2 Å². The fourth-order valence-corrected chi connectivity index (χ4v) is 3.22. The van der Waals surface area contributed by atoms with Crippen molar-refractivity contribution < 1.29 is 4.39 Å². The lowest BCUT2D eigenvalue weighted by atomic mass is 10.1. The molecule has 0 saturated heterocycles. The van der Waals surface area contributed by atoms with E-state index in [4.69, 9.17) is 11.1 Å². The van der Waals surface area contributed by atoms with Crippen LogP contribution in [0.3, 0.4) is 0 Å². The molecule has 3 N–H and O–H groups in total. The average molecular weight is 311 g/mol. The molecule has 0 fully saturated rings. The zero-order valence-corrected chi connectivity index (χ0v) is 12.7. The van der Waals surface area contributed by atoms with Crippen molar-refractivity contribution in [2.75, 3.05) is 19.0 Å². The molecule has 2 rings (SSSR count). The highest BCUT2D eigenvalue weighted by Gasteiger charge is 2.12. The lowest BCUT2D eigenvalue weighted by molar-refractivity contribution is 0.614. The number of amidine groups is 1. The maximum Gasteiger partial charge on any atom is 0.208 e. The predicted octanol–water partition coefficient (Wildman–Crippen LogP) is 2.32. The molecule has 0 bridgehead atoms. The Labute approximate surface area is 124 Å². The van der Waals surface area contributed by atoms with E-state index in [-0.39, 0.29) is 11.4 Å². The van der Waals surface area contributed by atoms with Crippen molar-refractivity contribution in [3.8, 4) is 0 Å². The van der Waals surface area contributed by atoms with E-state index in [0.29, 0.717) is 11.3 Å². The molecule has 0 aliphatic heterocycles. The summed E-state index contributed by atoms with van der Waals surface area (Å²) in [7, 11) is 3.79. The third-order valence-corrected chi connectivity index (χ3v) is 4.77. The Balaban J connectivity index is 2.10. The molecule has 0 radical (unpaired) electrons. The van der Waals surface area contributed by atoms with Crippen LogP contribution < -0.4 is 10.6 Å². The van der Waals surface area contributed by atoms with Gasteiger partial charge in [-0.05, 0) is 11.6 Å². The van der Waals surface area contributed by atoms with Gasteiger partial charge in [-0.3, -0.25) is 5.41 Å². The van der Waals surface area contributed by atoms with E-state index in [1.807, 2.05) is 19.0 Å². The van der Waals surface area contributed by atoms with Gasteiger partial charge < -0.3 is 10.6 Å². The third kappa shape index (κ3) is 3.26.